The lowest BCUT2D eigenvalue weighted by atomic mass is 9.87. The van der Waals surface area contributed by atoms with Crippen LogP contribution in [0.15, 0.2) is 247 Å². The van der Waals surface area contributed by atoms with E-state index in [9.17, 15) is 0 Å². The van der Waals surface area contributed by atoms with Crippen molar-refractivity contribution in [3.8, 4) is 78.3 Å². The Kier molecular flexibility index (Phi) is 12.1. The maximum atomic E-state index is 15.9. The Bertz CT molecular complexity index is 3730. The molecule has 5 heteroatoms. The number of hydrogen-bond donors (Lipinski definition) is 0. The zero-order valence-electron chi connectivity index (χ0n) is 39.6. The number of para-hydroxylation sites is 2. The molecule has 0 unspecified atom stereocenters. The van der Waals surface area contributed by atoms with Crippen molar-refractivity contribution in [3.05, 3.63) is 271 Å². The van der Waals surface area contributed by atoms with Gasteiger partial charge in [0.1, 0.15) is 17.0 Å². The molecule has 0 radical (unpaired) electrons. The number of pyridine rings is 3. The van der Waals surface area contributed by atoms with Crippen LogP contribution in [-0.4, -0.2) is 15.0 Å². The second-order valence-corrected chi connectivity index (χ2v) is 18.4. The number of rotatable bonds is 13. The van der Waals surface area contributed by atoms with Crippen molar-refractivity contribution >= 4 is 21.9 Å². The zero-order valence-corrected chi connectivity index (χ0v) is 39.6. The van der Waals surface area contributed by atoms with Gasteiger partial charge in [-0.25, -0.2) is 4.39 Å². The van der Waals surface area contributed by atoms with Crippen LogP contribution in [0.4, 0.5) is 4.39 Å². The van der Waals surface area contributed by atoms with Gasteiger partial charge in [0.2, 0.25) is 0 Å². The summed E-state index contributed by atoms with van der Waals surface area (Å²) in [5.41, 5.74) is 19.9. The third kappa shape index (κ3) is 9.24. The highest BCUT2D eigenvalue weighted by Gasteiger charge is 2.20. The van der Waals surface area contributed by atoms with E-state index in [0.717, 1.165) is 137 Å². The molecule has 0 spiro atoms. The Hall–Kier alpha value is -9.06. The van der Waals surface area contributed by atoms with Crippen molar-refractivity contribution < 1.29 is 8.81 Å². The van der Waals surface area contributed by atoms with Gasteiger partial charge in [-0.05, 0) is 129 Å². The molecule has 0 fully saturated rings. The van der Waals surface area contributed by atoms with E-state index < -0.39 is 0 Å². The predicted octanol–water partition coefficient (Wildman–Crippen LogP) is 17.1. The van der Waals surface area contributed by atoms with Crippen LogP contribution in [-0.2, 0) is 25.7 Å². The molecular weight excluding hydrogens is 882 g/mol. The molecule has 0 aliphatic heterocycles. The smallest absolute Gasteiger partial charge is 0.144 e. The van der Waals surface area contributed by atoms with E-state index >= 15 is 4.39 Å². The van der Waals surface area contributed by atoms with Crippen LogP contribution in [0.1, 0.15) is 22.3 Å². The summed E-state index contributed by atoms with van der Waals surface area (Å²) in [6.45, 7) is 0. The lowest BCUT2D eigenvalue weighted by Crippen LogP contribution is -1.99. The van der Waals surface area contributed by atoms with Crippen molar-refractivity contribution in [1.82, 2.24) is 15.0 Å². The van der Waals surface area contributed by atoms with Gasteiger partial charge in [0.15, 0.2) is 0 Å². The average molecular weight is 930 g/mol. The van der Waals surface area contributed by atoms with Gasteiger partial charge in [-0.3, -0.25) is 15.0 Å². The first-order valence-electron chi connectivity index (χ1n) is 24.6. The summed E-state index contributed by atoms with van der Waals surface area (Å²) in [7, 11) is 0. The summed E-state index contributed by atoms with van der Waals surface area (Å²) in [5.74, 6) is -0.301. The Labute approximate surface area is 418 Å². The van der Waals surface area contributed by atoms with E-state index in [2.05, 4.69) is 146 Å². The number of furan rings is 1. The van der Waals surface area contributed by atoms with Crippen LogP contribution in [0, 0.1) is 5.82 Å². The highest BCUT2D eigenvalue weighted by atomic mass is 19.1. The highest BCUT2D eigenvalue weighted by molar-refractivity contribution is 6.09. The Morgan fingerprint density at radius 1 is 0.306 bits per heavy atom. The summed E-state index contributed by atoms with van der Waals surface area (Å²) >= 11 is 0. The molecule has 0 saturated heterocycles. The largest absolute Gasteiger partial charge is 0.455 e. The average Bonchev–Trinajstić information content (AvgIpc) is 3.84. The Morgan fingerprint density at radius 3 is 1.46 bits per heavy atom. The quantitative estimate of drug-likeness (QED) is 0.116. The molecule has 0 aliphatic carbocycles. The second kappa shape index (κ2) is 19.7. The number of aromatic nitrogens is 3. The second-order valence-electron chi connectivity index (χ2n) is 18.4. The predicted molar refractivity (Wildman–Crippen MR) is 293 cm³/mol. The maximum absolute atomic E-state index is 15.9. The Balaban J connectivity index is 0.948. The highest BCUT2D eigenvalue weighted by Crippen LogP contribution is 2.43. The van der Waals surface area contributed by atoms with Crippen LogP contribution >= 0.6 is 0 Å². The van der Waals surface area contributed by atoms with Crippen LogP contribution in [0.2, 0.25) is 0 Å². The fraction of sp³-hybridized carbons (Fsp3) is 0.0597. The number of fused-ring (bicyclic) bond motifs is 3. The van der Waals surface area contributed by atoms with Crippen molar-refractivity contribution in [2.75, 3.05) is 0 Å². The van der Waals surface area contributed by atoms with Crippen LogP contribution in [0.5, 0.6) is 0 Å². The van der Waals surface area contributed by atoms with Crippen molar-refractivity contribution in [3.63, 3.8) is 0 Å². The summed E-state index contributed by atoms with van der Waals surface area (Å²) in [6.07, 6.45) is 9.11. The maximum Gasteiger partial charge on any atom is 0.144 e. The van der Waals surface area contributed by atoms with E-state index in [1.807, 2.05) is 85.3 Å². The molecule has 0 N–H and O–H groups in total. The Morgan fingerprint density at radius 2 is 0.833 bits per heavy atom. The third-order valence-electron chi connectivity index (χ3n) is 13.7. The fourth-order valence-corrected chi connectivity index (χ4v) is 9.96. The third-order valence-corrected chi connectivity index (χ3v) is 13.7. The SMILES string of the molecule is Fc1ccc(-c2cnc(-c3cccc4c3oc3ccccc34)cc2-c2ccc(-c3ccccc3)cc2)c(-c2cc(CCc3ccc(-c4ccccc4)nc3)cc(CCc3ccc(-c4ccccc4)nc3)c2)c1. The van der Waals surface area contributed by atoms with Gasteiger partial charge in [-0.15, -0.1) is 0 Å². The van der Waals surface area contributed by atoms with Gasteiger partial charge >= 0.3 is 0 Å². The zero-order chi connectivity index (χ0) is 48.2. The molecule has 8 aromatic carbocycles. The molecule has 0 amide bonds. The fourth-order valence-electron chi connectivity index (χ4n) is 9.96. The molecule has 0 aliphatic rings. The first-order chi connectivity index (χ1) is 35.6. The van der Waals surface area contributed by atoms with Gasteiger partial charge in [0, 0.05) is 51.6 Å². The molecule has 0 atom stereocenters. The number of benzene rings is 8. The van der Waals surface area contributed by atoms with E-state index in [-0.39, 0.29) is 5.82 Å². The normalized spacial score (nSPS) is 11.3. The summed E-state index contributed by atoms with van der Waals surface area (Å²) in [4.78, 5) is 14.9. The van der Waals surface area contributed by atoms with Gasteiger partial charge < -0.3 is 4.42 Å². The van der Waals surface area contributed by atoms with E-state index in [4.69, 9.17) is 19.4 Å². The standard InChI is InChI=1S/C67H48FN3O/c68-55-33-34-56(62-44-71-65(59-21-12-20-58-57-19-10-11-22-66(57)72-67(58)59)41-61(62)51-31-29-50(30-32-51)49-13-4-1-5-14-49)60(40-55)54-38-47(25-23-45-27-35-63(69-42-45)52-15-6-2-7-16-52)37-48(39-54)26-24-46-28-36-64(70-43-46)53-17-8-3-9-18-53/h1-22,27-44H,23-26H2. The van der Waals surface area contributed by atoms with Gasteiger partial charge in [0.05, 0.1) is 17.1 Å². The molecule has 0 saturated carbocycles. The number of aryl methyl sites for hydroxylation is 4. The van der Waals surface area contributed by atoms with Gasteiger partial charge in [0.25, 0.3) is 0 Å². The van der Waals surface area contributed by atoms with Crippen molar-refractivity contribution in [2.45, 2.75) is 25.7 Å². The minimum Gasteiger partial charge on any atom is -0.455 e. The van der Waals surface area contributed by atoms with Crippen molar-refractivity contribution in [2.24, 2.45) is 0 Å². The molecule has 4 aromatic heterocycles. The molecule has 4 nitrogen and oxygen atoms in total. The molecule has 0 bridgehead atoms. The van der Waals surface area contributed by atoms with E-state index in [0.29, 0.717) is 0 Å². The number of halogens is 1. The minimum atomic E-state index is -0.301. The summed E-state index contributed by atoms with van der Waals surface area (Å²) < 4.78 is 22.4. The van der Waals surface area contributed by atoms with Crippen LogP contribution in [0.3, 0.4) is 0 Å². The number of nitrogens with zero attached hydrogens (tertiary/aromatic N) is 3. The van der Waals surface area contributed by atoms with Gasteiger partial charge in [-0.1, -0.05) is 182 Å². The van der Waals surface area contributed by atoms with Crippen molar-refractivity contribution in [1.29, 1.82) is 0 Å². The van der Waals surface area contributed by atoms with E-state index in [1.165, 1.54) is 11.1 Å². The topological polar surface area (TPSA) is 51.8 Å². The lowest BCUT2D eigenvalue weighted by Gasteiger charge is -2.18. The minimum absolute atomic E-state index is 0.301. The summed E-state index contributed by atoms with van der Waals surface area (Å²) in [5, 5.41) is 2.11. The van der Waals surface area contributed by atoms with Crippen LogP contribution in [0.25, 0.3) is 100 Å². The van der Waals surface area contributed by atoms with E-state index in [1.54, 1.807) is 12.1 Å². The number of hydrogen-bond acceptors (Lipinski definition) is 4. The summed E-state index contributed by atoms with van der Waals surface area (Å²) in [6, 6.07) is 76.7. The molecular formula is C67H48FN3O. The van der Waals surface area contributed by atoms with Gasteiger partial charge in [-0.2, -0.15) is 0 Å². The molecule has 344 valence electrons. The van der Waals surface area contributed by atoms with Crippen LogP contribution < -0.4 is 0 Å². The first-order valence-corrected chi connectivity index (χ1v) is 24.6. The first kappa shape index (κ1) is 44.2. The monoisotopic (exact) mass is 929 g/mol. The molecule has 12 aromatic rings. The molecule has 12 rings (SSSR count). The lowest BCUT2D eigenvalue weighted by molar-refractivity contribution is 0.628. The molecule has 4 heterocycles. The molecule has 72 heavy (non-hydrogen) atoms.